The van der Waals surface area contributed by atoms with Gasteiger partial charge in [0, 0.05) is 30.0 Å². The van der Waals surface area contributed by atoms with Crippen LogP contribution in [0.15, 0.2) is 16.9 Å². The molecule has 0 radical (unpaired) electrons. The second kappa shape index (κ2) is 4.78. The second-order valence-corrected chi connectivity index (χ2v) is 5.92. The van der Waals surface area contributed by atoms with Gasteiger partial charge in [-0.1, -0.05) is 0 Å². The van der Waals surface area contributed by atoms with Gasteiger partial charge in [0.2, 0.25) is 0 Å². The molecule has 0 aliphatic carbocycles. The van der Waals surface area contributed by atoms with Crippen LogP contribution in [0.4, 0.5) is 0 Å². The van der Waals surface area contributed by atoms with Gasteiger partial charge in [0.25, 0.3) is 0 Å². The van der Waals surface area contributed by atoms with E-state index in [0.29, 0.717) is 12.1 Å². The molecule has 19 heavy (non-hydrogen) atoms. The minimum absolute atomic E-state index is 0.0475. The van der Waals surface area contributed by atoms with Crippen LogP contribution in [0.5, 0.6) is 0 Å². The molecule has 1 aliphatic rings. The third kappa shape index (κ3) is 2.75. The van der Waals surface area contributed by atoms with Crippen LogP contribution in [0.25, 0.3) is 0 Å². The average Bonchev–Trinajstić information content (AvgIpc) is 2.48. The van der Waals surface area contributed by atoms with Crippen LogP contribution >= 0.6 is 0 Å². The molecule has 0 unspecified atom stereocenters. The standard InChI is InChI=1S/C13H21BN2O3/c1-12(2)13(3,4)19-14(18-12)11-7-10(17)6-9(16-11)8-15-5/h6-7,15H,8H2,1-5H3,(H,16,17). The van der Waals surface area contributed by atoms with E-state index in [4.69, 9.17) is 9.31 Å². The van der Waals surface area contributed by atoms with Gasteiger partial charge in [-0.15, -0.1) is 0 Å². The first-order chi connectivity index (χ1) is 8.75. The molecule has 0 aromatic carbocycles. The van der Waals surface area contributed by atoms with Gasteiger partial charge in [-0.3, -0.25) is 4.79 Å². The van der Waals surface area contributed by atoms with Crippen LogP contribution in [-0.2, 0) is 15.9 Å². The van der Waals surface area contributed by atoms with E-state index in [1.165, 1.54) is 6.07 Å². The minimum atomic E-state index is -0.533. The maximum Gasteiger partial charge on any atom is 0.512 e. The topological polar surface area (TPSA) is 63.4 Å². The van der Waals surface area contributed by atoms with Crippen molar-refractivity contribution in [3.8, 4) is 0 Å². The zero-order valence-electron chi connectivity index (χ0n) is 12.2. The summed E-state index contributed by atoms with van der Waals surface area (Å²) in [7, 11) is 1.30. The molecule has 6 heteroatoms. The first-order valence-electron chi connectivity index (χ1n) is 6.48. The van der Waals surface area contributed by atoms with Gasteiger partial charge in [0.1, 0.15) is 0 Å². The summed E-state index contributed by atoms with van der Waals surface area (Å²) in [5, 5.41) is 3.01. The first-order valence-corrected chi connectivity index (χ1v) is 6.48. The third-order valence-electron chi connectivity index (χ3n) is 3.79. The fraction of sp³-hybridized carbons (Fsp3) is 0.615. The highest BCUT2D eigenvalue weighted by molar-refractivity contribution is 6.61. The Bertz CT molecular complexity index is 509. The van der Waals surface area contributed by atoms with Crippen LogP contribution < -0.4 is 16.3 Å². The van der Waals surface area contributed by atoms with Gasteiger partial charge in [-0.05, 0) is 34.7 Å². The molecule has 5 nitrogen and oxygen atoms in total. The largest absolute Gasteiger partial charge is 0.512 e. The van der Waals surface area contributed by atoms with Crippen molar-refractivity contribution in [1.82, 2.24) is 10.3 Å². The minimum Gasteiger partial charge on any atom is -0.398 e. The Morgan fingerprint density at radius 3 is 2.32 bits per heavy atom. The lowest BCUT2D eigenvalue weighted by atomic mass is 9.84. The molecule has 2 heterocycles. The van der Waals surface area contributed by atoms with Crippen molar-refractivity contribution >= 4 is 12.7 Å². The SMILES string of the molecule is CNCc1cc(=O)cc(B2OC(C)(C)C(C)(C)O2)[nH]1. The number of nitrogens with one attached hydrogen (secondary N) is 2. The molecule has 1 fully saturated rings. The van der Waals surface area contributed by atoms with Crippen molar-refractivity contribution in [3.63, 3.8) is 0 Å². The maximum absolute atomic E-state index is 11.7. The predicted molar refractivity (Wildman–Crippen MR) is 75.5 cm³/mol. The molecule has 1 aromatic heterocycles. The summed E-state index contributed by atoms with van der Waals surface area (Å²) < 4.78 is 11.9. The third-order valence-corrected chi connectivity index (χ3v) is 3.79. The summed E-state index contributed by atoms with van der Waals surface area (Å²) in [6.45, 7) is 8.55. The fourth-order valence-corrected chi connectivity index (χ4v) is 2.01. The van der Waals surface area contributed by atoms with Crippen molar-refractivity contribution in [3.05, 3.63) is 28.0 Å². The zero-order valence-corrected chi connectivity index (χ0v) is 12.2. The molecule has 2 rings (SSSR count). The number of H-pyrrole nitrogens is 1. The van der Waals surface area contributed by atoms with Crippen molar-refractivity contribution in [2.45, 2.75) is 45.4 Å². The lowest BCUT2D eigenvalue weighted by molar-refractivity contribution is 0.00578. The van der Waals surface area contributed by atoms with E-state index >= 15 is 0 Å². The fourth-order valence-electron chi connectivity index (χ4n) is 2.01. The van der Waals surface area contributed by atoms with Gasteiger partial charge in [0.05, 0.1) is 11.2 Å². The number of hydrogen-bond donors (Lipinski definition) is 2. The van der Waals surface area contributed by atoms with E-state index in [0.717, 1.165) is 5.69 Å². The van der Waals surface area contributed by atoms with Gasteiger partial charge >= 0.3 is 7.12 Å². The molecular formula is C13H21BN2O3. The van der Waals surface area contributed by atoms with Crippen LogP contribution in [-0.4, -0.2) is 30.4 Å². The summed E-state index contributed by atoms with van der Waals surface area (Å²) in [4.78, 5) is 14.9. The summed E-state index contributed by atoms with van der Waals surface area (Å²) in [5.74, 6) is 0. The van der Waals surface area contributed by atoms with Gasteiger partial charge in [-0.2, -0.15) is 0 Å². The zero-order chi connectivity index (χ0) is 14.3. The first kappa shape index (κ1) is 14.3. The number of rotatable bonds is 3. The quantitative estimate of drug-likeness (QED) is 0.775. The molecular weight excluding hydrogens is 243 g/mol. The van der Waals surface area contributed by atoms with E-state index < -0.39 is 18.3 Å². The second-order valence-electron chi connectivity index (χ2n) is 5.92. The van der Waals surface area contributed by atoms with Crippen LogP contribution in [0, 0.1) is 0 Å². The summed E-state index contributed by atoms with van der Waals surface area (Å²) in [6, 6.07) is 3.10. The lowest BCUT2D eigenvalue weighted by Crippen LogP contribution is -2.41. The number of pyridine rings is 1. The molecule has 0 atom stereocenters. The Kier molecular flexibility index (Phi) is 3.60. The molecule has 2 N–H and O–H groups in total. The van der Waals surface area contributed by atoms with E-state index in [1.54, 1.807) is 6.07 Å². The van der Waals surface area contributed by atoms with E-state index in [2.05, 4.69) is 10.3 Å². The molecule has 0 spiro atoms. The normalized spacial score (nSPS) is 20.8. The maximum atomic E-state index is 11.7. The molecule has 0 saturated carbocycles. The summed E-state index contributed by atoms with van der Waals surface area (Å²) in [6.07, 6.45) is 0. The van der Waals surface area contributed by atoms with Crippen molar-refractivity contribution < 1.29 is 9.31 Å². The van der Waals surface area contributed by atoms with Crippen LogP contribution in [0.1, 0.15) is 33.4 Å². The molecule has 0 amide bonds. The highest BCUT2D eigenvalue weighted by Gasteiger charge is 2.52. The highest BCUT2D eigenvalue weighted by Crippen LogP contribution is 2.36. The molecule has 1 aliphatic heterocycles. The molecule has 1 aromatic rings. The number of aromatic nitrogens is 1. The summed E-state index contributed by atoms with van der Waals surface area (Å²) >= 11 is 0. The van der Waals surface area contributed by atoms with Gasteiger partial charge in [0.15, 0.2) is 5.43 Å². The Balaban J connectivity index is 2.31. The smallest absolute Gasteiger partial charge is 0.398 e. The van der Waals surface area contributed by atoms with Gasteiger partial charge in [-0.25, -0.2) is 0 Å². The summed E-state index contributed by atoms with van der Waals surface area (Å²) in [5.41, 5.74) is 0.617. The average molecular weight is 264 g/mol. The van der Waals surface area contributed by atoms with E-state index in [1.807, 2.05) is 34.7 Å². The van der Waals surface area contributed by atoms with Crippen LogP contribution in [0.3, 0.4) is 0 Å². The molecule has 0 bridgehead atoms. The monoisotopic (exact) mass is 264 g/mol. The predicted octanol–water partition coefficient (Wildman–Crippen LogP) is 0.394. The lowest BCUT2D eigenvalue weighted by Gasteiger charge is -2.32. The molecule has 1 saturated heterocycles. The Hall–Kier alpha value is -1.11. The Morgan fingerprint density at radius 2 is 1.79 bits per heavy atom. The van der Waals surface area contributed by atoms with Crippen molar-refractivity contribution in [1.29, 1.82) is 0 Å². The highest BCUT2D eigenvalue weighted by atomic mass is 16.7. The Morgan fingerprint density at radius 1 is 1.21 bits per heavy atom. The number of hydrogen-bond acceptors (Lipinski definition) is 4. The molecule has 104 valence electrons. The van der Waals surface area contributed by atoms with Crippen molar-refractivity contribution in [2.75, 3.05) is 7.05 Å². The van der Waals surface area contributed by atoms with Crippen LogP contribution in [0.2, 0.25) is 0 Å². The van der Waals surface area contributed by atoms with Gasteiger partial charge < -0.3 is 19.6 Å². The number of aromatic amines is 1. The van der Waals surface area contributed by atoms with Crippen molar-refractivity contribution in [2.24, 2.45) is 0 Å². The van der Waals surface area contributed by atoms with E-state index in [9.17, 15) is 4.79 Å². The Labute approximate surface area is 113 Å². The van der Waals surface area contributed by atoms with E-state index in [-0.39, 0.29) is 5.43 Å².